The molecule has 1 aliphatic rings. The number of thioether (sulfide) groups is 1. The molecule has 0 radical (unpaired) electrons. The van der Waals surface area contributed by atoms with E-state index in [2.05, 4.69) is 19.2 Å². The molecule has 0 aliphatic carbocycles. The van der Waals surface area contributed by atoms with Crippen LogP contribution in [0.25, 0.3) is 0 Å². The molecule has 20 heavy (non-hydrogen) atoms. The molecular formula is C15H22N2O2S. The standard InChI is InChI=1S/C15H22N2O2S/c1-11(2)16-8-9-17-14(18)10-20-15(17)12-4-6-13(19-3)7-5-12/h4-7,11,15-16H,8-10H2,1-3H3. The first-order valence-electron chi connectivity index (χ1n) is 6.90. The van der Waals surface area contributed by atoms with Gasteiger partial charge in [0.05, 0.1) is 12.9 Å². The van der Waals surface area contributed by atoms with Crippen molar-refractivity contribution in [3.63, 3.8) is 0 Å². The third-order valence-corrected chi connectivity index (χ3v) is 4.53. The molecule has 1 atom stereocenters. The second-order valence-corrected chi connectivity index (χ2v) is 6.20. The fourth-order valence-electron chi connectivity index (χ4n) is 2.21. The van der Waals surface area contributed by atoms with Crippen molar-refractivity contribution in [3.05, 3.63) is 29.8 Å². The summed E-state index contributed by atoms with van der Waals surface area (Å²) in [5, 5.41) is 3.49. The van der Waals surface area contributed by atoms with Crippen molar-refractivity contribution in [1.29, 1.82) is 0 Å². The van der Waals surface area contributed by atoms with E-state index >= 15 is 0 Å². The van der Waals surface area contributed by atoms with Gasteiger partial charge in [0.25, 0.3) is 0 Å². The Morgan fingerprint density at radius 3 is 2.70 bits per heavy atom. The third-order valence-electron chi connectivity index (χ3n) is 3.27. The lowest BCUT2D eigenvalue weighted by molar-refractivity contribution is -0.128. The van der Waals surface area contributed by atoms with Crippen LogP contribution in [-0.4, -0.2) is 42.8 Å². The molecule has 5 heteroatoms. The lowest BCUT2D eigenvalue weighted by Gasteiger charge is -2.25. The Labute approximate surface area is 124 Å². The van der Waals surface area contributed by atoms with Gasteiger partial charge < -0.3 is 15.0 Å². The van der Waals surface area contributed by atoms with Crippen LogP contribution in [-0.2, 0) is 4.79 Å². The van der Waals surface area contributed by atoms with E-state index in [1.165, 1.54) is 0 Å². The maximum Gasteiger partial charge on any atom is 0.233 e. The SMILES string of the molecule is COc1ccc(C2SCC(=O)N2CCNC(C)C)cc1. The molecule has 1 saturated heterocycles. The Balaban J connectivity index is 2.02. The van der Waals surface area contributed by atoms with Gasteiger partial charge in [0.2, 0.25) is 5.91 Å². The van der Waals surface area contributed by atoms with E-state index in [0.717, 1.165) is 24.4 Å². The van der Waals surface area contributed by atoms with Crippen LogP contribution in [0.2, 0.25) is 0 Å². The summed E-state index contributed by atoms with van der Waals surface area (Å²) in [6.45, 7) is 5.81. The predicted octanol–water partition coefficient (Wildman–Crippen LogP) is 2.27. The zero-order valence-corrected chi connectivity index (χ0v) is 13.1. The minimum absolute atomic E-state index is 0.127. The van der Waals surface area contributed by atoms with Gasteiger partial charge in [0.1, 0.15) is 11.1 Å². The number of carbonyl (C=O) groups is 1. The summed E-state index contributed by atoms with van der Waals surface area (Å²) in [5.74, 6) is 1.63. The number of carbonyl (C=O) groups excluding carboxylic acids is 1. The third kappa shape index (κ3) is 3.67. The molecule has 1 fully saturated rings. The van der Waals surface area contributed by atoms with E-state index in [4.69, 9.17) is 4.74 Å². The maximum absolute atomic E-state index is 12.0. The summed E-state index contributed by atoms with van der Waals surface area (Å²) in [7, 11) is 1.66. The summed E-state index contributed by atoms with van der Waals surface area (Å²) in [6.07, 6.45) is 0. The van der Waals surface area contributed by atoms with Crippen molar-refractivity contribution in [3.8, 4) is 5.75 Å². The zero-order valence-electron chi connectivity index (χ0n) is 12.3. The maximum atomic E-state index is 12.0. The quantitative estimate of drug-likeness (QED) is 0.874. The summed E-state index contributed by atoms with van der Waals surface area (Å²) < 4.78 is 5.17. The van der Waals surface area contributed by atoms with Crippen LogP contribution in [0, 0.1) is 0 Å². The van der Waals surface area contributed by atoms with Crippen LogP contribution in [0.1, 0.15) is 24.8 Å². The van der Waals surface area contributed by atoms with Crippen LogP contribution in [0.15, 0.2) is 24.3 Å². The first-order valence-corrected chi connectivity index (χ1v) is 7.95. The number of methoxy groups -OCH3 is 1. The van der Waals surface area contributed by atoms with Crippen molar-refractivity contribution in [2.24, 2.45) is 0 Å². The highest BCUT2D eigenvalue weighted by Gasteiger charge is 2.32. The highest BCUT2D eigenvalue weighted by Crippen LogP contribution is 2.38. The lowest BCUT2D eigenvalue weighted by Crippen LogP contribution is -2.37. The van der Waals surface area contributed by atoms with Crippen molar-refractivity contribution in [1.82, 2.24) is 10.2 Å². The van der Waals surface area contributed by atoms with E-state index in [9.17, 15) is 4.79 Å². The first kappa shape index (κ1) is 15.2. The molecule has 0 bridgehead atoms. The van der Waals surface area contributed by atoms with Gasteiger partial charge in [-0.2, -0.15) is 0 Å². The van der Waals surface area contributed by atoms with Crippen molar-refractivity contribution in [2.75, 3.05) is 26.0 Å². The minimum Gasteiger partial charge on any atom is -0.497 e. The van der Waals surface area contributed by atoms with Crippen molar-refractivity contribution < 1.29 is 9.53 Å². The average Bonchev–Trinajstić information content (AvgIpc) is 2.80. The Bertz CT molecular complexity index is 448. The molecule has 2 rings (SSSR count). The molecule has 4 nitrogen and oxygen atoms in total. The van der Waals surface area contributed by atoms with Crippen molar-refractivity contribution >= 4 is 17.7 Å². The van der Waals surface area contributed by atoms with E-state index in [0.29, 0.717) is 11.8 Å². The predicted molar refractivity (Wildman–Crippen MR) is 83.0 cm³/mol. The molecule has 1 aromatic carbocycles. The minimum atomic E-state index is 0.127. The summed E-state index contributed by atoms with van der Waals surface area (Å²) >= 11 is 1.69. The number of amides is 1. The molecule has 0 spiro atoms. The molecule has 1 aliphatic heterocycles. The Morgan fingerprint density at radius 2 is 2.10 bits per heavy atom. The number of nitrogens with one attached hydrogen (secondary N) is 1. The summed E-state index contributed by atoms with van der Waals surface area (Å²) in [5.41, 5.74) is 1.16. The van der Waals surface area contributed by atoms with Crippen LogP contribution >= 0.6 is 11.8 Å². The van der Waals surface area contributed by atoms with Crippen molar-refractivity contribution in [2.45, 2.75) is 25.3 Å². The lowest BCUT2D eigenvalue weighted by atomic mass is 10.2. The Hall–Kier alpha value is -1.20. The number of rotatable bonds is 6. The number of hydrogen-bond acceptors (Lipinski definition) is 4. The molecule has 1 aromatic rings. The molecule has 0 saturated carbocycles. The van der Waals surface area contributed by atoms with Gasteiger partial charge in [-0.3, -0.25) is 4.79 Å². The first-order chi connectivity index (χ1) is 9.61. The molecule has 1 heterocycles. The molecular weight excluding hydrogens is 272 g/mol. The zero-order chi connectivity index (χ0) is 14.5. The number of nitrogens with zero attached hydrogens (tertiary/aromatic N) is 1. The van der Waals surface area contributed by atoms with Crippen LogP contribution in [0.3, 0.4) is 0 Å². The molecule has 0 aromatic heterocycles. The highest BCUT2D eigenvalue weighted by molar-refractivity contribution is 8.00. The van der Waals surface area contributed by atoms with Gasteiger partial charge in [0, 0.05) is 19.1 Å². The van der Waals surface area contributed by atoms with E-state index in [-0.39, 0.29) is 11.3 Å². The van der Waals surface area contributed by atoms with Gasteiger partial charge in [-0.25, -0.2) is 0 Å². The van der Waals surface area contributed by atoms with Gasteiger partial charge in [-0.15, -0.1) is 11.8 Å². The molecule has 1 unspecified atom stereocenters. The largest absolute Gasteiger partial charge is 0.497 e. The second-order valence-electron chi connectivity index (χ2n) is 5.13. The van der Waals surface area contributed by atoms with E-state index in [1.54, 1.807) is 18.9 Å². The van der Waals surface area contributed by atoms with E-state index < -0.39 is 0 Å². The average molecular weight is 294 g/mol. The number of ether oxygens (including phenoxy) is 1. The van der Waals surface area contributed by atoms with E-state index in [1.807, 2.05) is 29.2 Å². The van der Waals surface area contributed by atoms with Gasteiger partial charge in [0.15, 0.2) is 0 Å². The normalized spacial score (nSPS) is 18.9. The molecule has 1 amide bonds. The van der Waals surface area contributed by atoms with Crippen LogP contribution < -0.4 is 10.1 Å². The smallest absolute Gasteiger partial charge is 0.233 e. The number of benzene rings is 1. The summed E-state index contributed by atoms with van der Waals surface area (Å²) in [4.78, 5) is 14.0. The fourth-order valence-corrected chi connectivity index (χ4v) is 3.43. The van der Waals surface area contributed by atoms with Gasteiger partial charge in [-0.1, -0.05) is 26.0 Å². The van der Waals surface area contributed by atoms with Gasteiger partial charge in [-0.05, 0) is 17.7 Å². The van der Waals surface area contributed by atoms with Gasteiger partial charge >= 0.3 is 0 Å². The topological polar surface area (TPSA) is 41.6 Å². The second kappa shape index (κ2) is 6.99. The Kier molecular flexibility index (Phi) is 5.31. The monoisotopic (exact) mass is 294 g/mol. The van der Waals surface area contributed by atoms with Crippen LogP contribution in [0.5, 0.6) is 5.75 Å². The van der Waals surface area contributed by atoms with Crippen LogP contribution in [0.4, 0.5) is 0 Å². The fraction of sp³-hybridized carbons (Fsp3) is 0.533. The highest BCUT2D eigenvalue weighted by atomic mass is 32.2. The Morgan fingerprint density at radius 1 is 1.40 bits per heavy atom. The number of hydrogen-bond donors (Lipinski definition) is 1. The molecule has 110 valence electrons. The molecule has 1 N–H and O–H groups in total. The summed E-state index contributed by atoms with van der Waals surface area (Å²) in [6, 6.07) is 8.42.